The number of ether oxygens (including phenoxy) is 1. The molecule has 27 heavy (non-hydrogen) atoms. The molecule has 1 N–H and O–H groups in total. The predicted molar refractivity (Wildman–Crippen MR) is 109 cm³/mol. The van der Waals surface area contributed by atoms with Gasteiger partial charge in [0.15, 0.2) is 5.96 Å². The minimum absolute atomic E-state index is 0.0899. The minimum Gasteiger partial charge on any atom is -0.372 e. The zero-order valence-electron chi connectivity index (χ0n) is 17.0. The topological polar surface area (TPSA) is 57.2 Å². The molecule has 3 rings (SSSR count). The first-order valence-electron chi connectivity index (χ1n) is 9.89. The summed E-state index contributed by atoms with van der Waals surface area (Å²) in [6.07, 6.45) is 3.18. The lowest BCUT2D eigenvalue weighted by atomic mass is 10.1. The standard InChI is InChI=1S/C21H32N4O2/c1-21(2,3)27-17-10-12-24(13-11-17)20(22-4)23-15-19(26)25-14-9-16-7-5-6-8-18(16)25/h5-8,17H,9-15H2,1-4H3,(H,22,23). The second-order valence-electron chi connectivity index (χ2n) is 8.24. The van der Waals surface area contributed by atoms with Crippen molar-refractivity contribution in [3.63, 3.8) is 0 Å². The highest BCUT2D eigenvalue weighted by atomic mass is 16.5. The minimum atomic E-state index is -0.106. The molecular formula is C21H32N4O2. The van der Waals surface area contributed by atoms with Gasteiger partial charge in [-0.25, -0.2) is 0 Å². The zero-order valence-corrected chi connectivity index (χ0v) is 17.0. The number of fused-ring (bicyclic) bond motifs is 1. The summed E-state index contributed by atoms with van der Waals surface area (Å²) in [5, 5.41) is 3.25. The number of anilines is 1. The van der Waals surface area contributed by atoms with Crippen molar-refractivity contribution in [2.24, 2.45) is 4.99 Å². The van der Waals surface area contributed by atoms with E-state index in [1.807, 2.05) is 23.1 Å². The number of hydrogen-bond donors (Lipinski definition) is 1. The van der Waals surface area contributed by atoms with Gasteiger partial charge < -0.3 is 19.9 Å². The number of carbonyl (C=O) groups is 1. The van der Waals surface area contributed by atoms with Crippen LogP contribution in [-0.2, 0) is 16.0 Å². The molecule has 0 bridgehead atoms. The van der Waals surface area contributed by atoms with Crippen LogP contribution in [-0.4, -0.2) is 61.7 Å². The van der Waals surface area contributed by atoms with E-state index in [1.165, 1.54) is 5.56 Å². The lowest BCUT2D eigenvalue weighted by molar-refractivity contribution is -0.117. The molecule has 1 saturated heterocycles. The molecule has 2 aliphatic rings. The zero-order chi connectivity index (χ0) is 19.4. The molecule has 0 aliphatic carbocycles. The van der Waals surface area contributed by atoms with E-state index in [0.717, 1.165) is 50.5 Å². The highest BCUT2D eigenvalue weighted by Crippen LogP contribution is 2.27. The molecule has 0 aromatic heterocycles. The van der Waals surface area contributed by atoms with Crippen LogP contribution in [0.4, 0.5) is 5.69 Å². The Kier molecular flexibility index (Phi) is 6.05. The van der Waals surface area contributed by atoms with Crippen LogP contribution in [0.1, 0.15) is 39.2 Å². The number of nitrogens with zero attached hydrogens (tertiary/aromatic N) is 3. The van der Waals surface area contributed by atoms with Crippen molar-refractivity contribution >= 4 is 17.6 Å². The van der Waals surface area contributed by atoms with E-state index < -0.39 is 0 Å². The third-order valence-corrected chi connectivity index (χ3v) is 5.06. The number of carbonyl (C=O) groups excluding carboxylic acids is 1. The SMILES string of the molecule is CN=C(NCC(=O)N1CCc2ccccc21)N1CCC(OC(C)(C)C)CC1. The third kappa shape index (κ3) is 5.01. The van der Waals surface area contributed by atoms with Crippen molar-refractivity contribution in [3.05, 3.63) is 29.8 Å². The van der Waals surface area contributed by atoms with Gasteiger partial charge in [-0.2, -0.15) is 0 Å². The molecule has 6 nitrogen and oxygen atoms in total. The molecule has 0 radical (unpaired) electrons. The van der Waals surface area contributed by atoms with Gasteiger partial charge in [-0.3, -0.25) is 9.79 Å². The highest BCUT2D eigenvalue weighted by Gasteiger charge is 2.27. The van der Waals surface area contributed by atoms with Crippen molar-refractivity contribution in [1.82, 2.24) is 10.2 Å². The molecule has 1 aromatic rings. The molecule has 0 saturated carbocycles. The highest BCUT2D eigenvalue weighted by molar-refractivity contribution is 5.98. The number of amides is 1. The fourth-order valence-corrected chi connectivity index (χ4v) is 3.87. The monoisotopic (exact) mass is 372 g/mol. The summed E-state index contributed by atoms with van der Waals surface area (Å²) in [6.45, 7) is 9.10. The van der Waals surface area contributed by atoms with Gasteiger partial charge >= 0.3 is 0 Å². The first-order valence-corrected chi connectivity index (χ1v) is 9.89. The molecule has 0 unspecified atom stereocenters. The van der Waals surface area contributed by atoms with E-state index in [1.54, 1.807) is 7.05 Å². The van der Waals surface area contributed by atoms with E-state index in [0.29, 0.717) is 6.10 Å². The lowest BCUT2D eigenvalue weighted by Gasteiger charge is -2.37. The number of piperidine rings is 1. The fraction of sp³-hybridized carbons (Fsp3) is 0.619. The number of nitrogens with one attached hydrogen (secondary N) is 1. The van der Waals surface area contributed by atoms with E-state index >= 15 is 0 Å². The van der Waals surface area contributed by atoms with Gasteiger partial charge in [0, 0.05) is 32.4 Å². The van der Waals surface area contributed by atoms with E-state index in [4.69, 9.17) is 4.74 Å². The second-order valence-corrected chi connectivity index (χ2v) is 8.24. The number of aliphatic imine (C=N–C) groups is 1. The van der Waals surface area contributed by atoms with Gasteiger partial charge in [0.25, 0.3) is 0 Å². The van der Waals surface area contributed by atoms with Crippen LogP contribution in [0.3, 0.4) is 0 Å². The Morgan fingerprint density at radius 3 is 2.59 bits per heavy atom. The molecule has 6 heteroatoms. The Morgan fingerprint density at radius 2 is 1.93 bits per heavy atom. The van der Waals surface area contributed by atoms with Gasteiger partial charge in [-0.1, -0.05) is 18.2 Å². The number of rotatable bonds is 3. The first-order chi connectivity index (χ1) is 12.9. The summed E-state index contributed by atoms with van der Waals surface area (Å²) in [7, 11) is 1.77. The molecule has 0 atom stereocenters. The smallest absolute Gasteiger partial charge is 0.246 e. The number of para-hydroxylation sites is 1. The third-order valence-electron chi connectivity index (χ3n) is 5.06. The largest absolute Gasteiger partial charge is 0.372 e. The van der Waals surface area contributed by atoms with Crippen LogP contribution in [0.5, 0.6) is 0 Å². The molecule has 2 aliphatic heterocycles. The molecule has 1 fully saturated rings. The van der Waals surface area contributed by atoms with Gasteiger partial charge in [-0.05, 0) is 51.7 Å². The fourth-order valence-electron chi connectivity index (χ4n) is 3.87. The molecule has 1 amide bonds. The van der Waals surface area contributed by atoms with Crippen LogP contribution in [0.15, 0.2) is 29.3 Å². The predicted octanol–water partition coefficient (Wildman–Crippen LogP) is 2.43. The van der Waals surface area contributed by atoms with Gasteiger partial charge in [-0.15, -0.1) is 0 Å². The maximum atomic E-state index is 12.7. The Labute approximate surface area is 162 Å². The van der Waals surface area contributed by atoms with E-state index in [-0.39, 0.29) is 18.1 Å². The first kappa shape index (κ1) is 19.7. The summed E-state index contributed by atoms with van der Waals surface area (Å²) >= 11 is 0. The normalized spacial score (nSPS) is 18.6. The molecule has 0 spiro atoms. The van der Waals surface area contributed by atoms with Crippen LogP contribution in [0.2, 0.25) is 0 Å². The number of benzene rings is 1. The van der Waals surface area contributed by atoms with Crippen LogP contribution < -0.4 is 10.2 Å². The maximum absolute atomic E-state index is 12.7. The molecule has 1 aromatic carbocycles. The summed E-state index contributed by atoms with van der Waals surface area (Å²) in [4.78, 5) is 21.2. The average Bonchev–Trinajstić information content (AvgIpc) is 3.06. The van der Waals surface area contributed by atoms with Gasteiger partial charge in [0.2, 0.25) is 5.91 Å². The van der Waals surface area contributed by atoms with Crippen molar-refractivity contribution < 1.29 is 9.53 Å². The maximum Gasteiger partial charge on any atom is 0.246 e. The molecular weight excluding hydrogens is 340 g/mol. The lowest BCUT2D eigenvalue weighted by Crippen LogP contribution is -2.50. The number of hydrogen-bond acceptors (Lipinski definition) is 3. The van der Waals surface area contributed by atoms with Gasteiger partial charge in [0.05, 0.1) is 18.2 Å². The van der Waals surface area contributed by atoms with Gasteiger partial charge in [0.1, 0.15) is 0 Å². The Balaban J connectivity index is 1.50. The van der Waals surface area contributed by atoms with Crippen molar-refractivity contribution in [1.29, 1.82) is 0 Å². The Hall–Kier alpha value is -2.08. The summed E-state index contributed by atoms with van der Waals surface area (Å²) in [5.41, 5.74) is 2.18. The van der Waals surface area contributed by atoms with Crippen LogP contribution in [0.25, 0.3) is 0 Å². The number of likely N-dealkylation sites (tertiary alicyclic amines) is 1. The Bertz CT molecular complexity index is 688. The second kappa shape index (κ2) is 8.30. The summed E-state index contributed by atoms with van der Waals surface area (Å²) in [5.74, 6) is 0.886. The Morgan fingerprint density at radius 1 is 1.22 bits per heavy atom. The van der Waals surface area contributed by atoms with E-state index in [2.05, 4.69) is 42.0 Å². The van der Waals surface area contributed by atoms with Crippen molar-refractivity contribution in [2.75, 3.05) is 38.1 Å². The van der Waals surface area contributed by atoms with E-state index in [9.17, 15) is 4.79 Å². The van der Waals surface area contributed by atoms with Crippen molar-refractivity contribution in [2.45, 2.75) is 51.7 Å². The average molecular weight is 373 g/mol. The summed E-state index contributed by atoms with van der Waals surface area (Å²) in [6, 6.07) is 8.13. The quantitative estimate of drug-likeness (QED) is 0.654. The van der Waals surface area contributed by atoms with Crippen LogP contribution in [0, 0.1) is 0 Å². The van der Waals surface area contributed by atoms with Crippen LogP contribution >= 0.6 is 0 Å². The molecule has 148 valence electrons. The van der Waals surface area contributed by atoms with Crippen molar-refractivity contribution in [3.8, 4) is 0 Å². The number of guanidine groups is 1. The molecule has 2 heterocycles. The summed E-state index contributed by atoms with van der Waals surface area (Å²) < 4.78 is 6.09.